The number of piperidine rings is 1. The van der Waals surface area contributed by atoms with Crippen molar-refractivity contribution < 1.29 is 0 Å². The van der Waals surface area contributed by atoms with Crippen molar-refractivity contribution in [1.82, 2.24) is 29.5 Å². The molecule has 6 heteroatoms. The molecule has 2 atom stereocenters. The van der Waals surface area contributed by atoms with E-state index in [0.29, 0.717) is 0 Å². The molecule has 0 amide bonds. The number of benzene rings is 2. The van der Waals surface area contributed by atoms with E-state index in [-0.39, 0.29) is 0 Å². The maximum absolute atomic E-state index is 4.87. The number of piperazine rings is 1. The number of aryl methyl sites for hydroxylation is 1. The van der Waals surface area contributed by atoms with Gasteiger partial charge in [-0.25, -0.2) is 4.98 Å². The maximum atomic E-state index is 4.87. The van der Waals surface area contributed by atoms with Crippen LogP contribution in [0.5, 0.6) is 0 Å². The number of imidazole rings is 1. The van der Waals surface area contributed by atoms with Crippen LogP contribution in [-0.4, -0.2) is 63.3 Å². The number of H-pyrrole nitrogens is 2. The van der Waals surface area contributed by atoms with Gasteiger partial charge in [0, 0.05) is 30.4 Å². The zero-order valence-electron chi connectivity index (χ0n) is 16.8. The second kappa shape index (κ2) is 5.26. The number of likely N-dealkylation sites (N-methyl/N-ethyl adjacent to an activating group) is 1. The van der Waals surface area contributed by atoms with E-state index in [1.54, 1.807) is 0 Å². The molecule has 0 aliphatic carbocycles. The minimum absolute atomic E-state index is 0.749. The summed E-state index contributed by atoms with van der Waals surface area (Å²) in [6.07, 6.45) is 2.69. The average Bonchev–Trinajstić information content (AvgIpc) is 3.43. The molecule has 0 spiro atoms. The molecular weight excluding hydrogens is 360 g/mol. The lowest BCUT2D eigenvalue weighted by atomic mass is 9.99. The number of aromatic amines is 2. The third-order valence-corrected chi connectivity index (χ3v) is 7.93. The summed E-state index contributed by atoms with van der Waals surface area (Å²) in [4.78, 5) is 11.1. The van der Waals surface area contributed by atoms with Crippen LogP contribution in [0.3, 0.4) is 0 Å². The molecule has 2 N–H and O–H groups in total. The zero-order chi connectivity index (χ0) is 19.3. The predicted molar refractivity (Wildman–Crippen MR) is 116 cm³/mol. The van der Waals surface area contributed by atoms with Crippen LogP contribution in [0.25, 0.3) is 33.5 Å². The van der Waals surface area contributed by atoms with E-state index < -0.39 is 0 Å². The topological polar surface area (TPSA) is 60.6 Å². The van der Waals surface area contributed by atoms with Gasteiger partial charge in [0.1, 0.15) is 11.4 Å². The maximum Gasteiger partial charge on any atom is 0.159 e. The first-order valence-electron chi connectivity index (χ1n) is 10.6. The first-order chi connectivity index (χ1) is 14.1. The third-order valence-electron chi connectivity index (χ3n) is 7.93. The summed E-state index contributed by atoms with van der Waals surface area (Å²) in [5, 5.41) is 8.81. The number of nitrogens with zero attached hydrogens (tertiary/aromatic N) is 4. The molecule has 4 aromatic rings. The van der Waals surface area contributed by atoms with Gasteiger partial charge in [-0.05, 0) is 32.2 Å². The monoisotopic (exact) mass is 385 g/mol. The highest BCUT2D eigenvalue weighted by Crippen LogP contribution is 2.49. The molecule has 0 saturated carbocycles. The molecule has 6 nitrogen and oxygen atoms in total. The lowest BCUT2D eigenvalue weighted by Gasteiger charge is -2.40. The number of nitrogens with one attached hydrogen (secondary N) is 2. The molecule has 4 saturated heterocycles. The van der Waals surface area contributed by atoms with Crippen LogP contribution in [0, 0.1) is 6.92 Å². The molecule has 8 rings (SSSR count). The smallest absolute Gasteiger partial charge is 0.159 e. The van der Waals surface area contributed by atoms with Crippen LogP contribution in [0.2, 0.25) is 0 Å². The number of fused-ring (bicyclic) bond motifs is 2. The second-order valence-corrected chi connectivity index (χ2v) is 9.41. The summed E-state index contributed by atoms with van der Waals surface area (Å²) >= 11 is 0. The fraction of sp³-hybridized carbons (Fsp3) is 0.391. The summed E-state index contributed by atoms with van der Waals surface area (Å²) in [6, 6.07) is 15.5. The summed E-state index contributed by atoms with van der Waals surface area (Å²) in [7, 11) is 2.32. The van der Waals surface area contributed by atoms with Crippen molar-refractivity contribution in [3.05, 3.63) is 42.0 Å². The van der Waals surface area contributed by atoms with Crippen LogP contribution in [-0.2, 0) is 0 Å². The molecule has 4 aliphatic heterocycles. The van der Waals surface area contributed by atoms with E-state index in [4.69, 9.17) is 4.98 Å². The molecular formula is C23H25N6+. The third kappa shape index (κ3) is 2.03. The fourth-order valence-electron chi connectivity index (χ4n) is 6.41. The van der Waals surface area contributed by atoms with Gasteiger partial charge < -0.3 is 4.98 Å². The molecule has 29 heavy (non-hydrogen) atoms. The fourth-order valence-corrected chi connectivity index (χ4v) is 6.41. The van der Waals surface area contributed by atoms with Gasteiger partial charge in [-0.1, -0.05) is 11.6 Å². The highest BCUT2D eigenvalue weighted by molar-refractivity contribution is 5.93. The quantitative estimate of drug-likeness (QED) is 0.519. The highest BCUT2D eigenvalue weighted by Gasteiger charge is 2.61. The number of aromatic nitrogens is 4. The summed E-state index contributed by atoms with van der Waals surface area (Å²) < 4.78 is 1.18. The Bertz CT molecular complexity index is 1270. The van der Waals surface area contributed by atoms with Crippen LogP contribution in [0.1, 0.15) is 18.4 Å². The zero-order valence-corrected chi connectivity index (χ0v) is 16.8. The van der Waals surface area contributed by atoms with Crippen LogP contribution in [0.15, 0.2) is 36.4 Å². The van der Waals surface area contributed by atoms with E-state index >= 15 is 0 Å². The number of rotatable bonds is 2. The average molecular weight is 385 g/mol. The van der Waals surface area contributed by atoms with E-state index in [9.17, 15) is 0 Å². The van der Waals surface area contributed by atoms with Crippen LogP contribution < -0.4 is 4.48 Å². The Morgan fingerprint density at radius 3 is 2.69 bits per heavy atom. The Morgan fingerprint density at radius 2 is 1.86 bits per heavy atom. The minimum atomic E-state index is 0.749. The molecule has 2 unspecified atom stereocenters. The molecule has 4 aliphatic rings. The molecule has 2 aromatic heterocycles. The molecule has 6 heterocycles. The van der Waals surface area contributed by atoms with Gasteiger partial charge in [0.05, 0.1) is 47.8 Å². The van der Waals surface area contributed by atoms with Gasteiger partial charge in [-0.2, -0.15) is 5.10 Å². The van der Waals surface area contributed by atoms with Crippen molar-refractivity contribution in [3.8, 4) is 11.5 Å². The largest absolute Gasteiger partial charge is 0.336 e. The summed E-state index contributed by atoms with van der Waals surface area (Å²) in [5.41, 5.74) is 6.77. The van der Waals surface area contributed by atoms with E-state index in [1.165, 1.54) is 41.7 Å². The van der Waals surface area contributed by atoms with E-state index in [2.05, 4.69) is 70.5 Å². The Hall–Kier alpha value is -2.70. The van der Waals surface area contributed by atoms with Gasteiger partial charge in [-0.15, -0.1) is 0 Å². The first kappa shape index (κ1) is 16.1. The van der Waals surface area contributed by atoms with Gasteiger partial charge in [0.15, 0.2) is 5.82 Å². The Kier molecular flexibility index (Phi) is 2.93. The van der Waals surface area contributed by atoms with Crippen LogP contribution >= 0.6 is 0 Å². The van der Waals surface area contributed by atoms with Crippen molar-refractivity contribution in [1.29, 1.82) is 0 Å². The second-order valence-electron chi connectivity index (χ2n) is 9.41. The Balaban J connectivity index is 1.34. The van der Waals surface area contributed by atoms with Gasteiger partial charge in [0.25, 0.3) is 0 Å². The minimum Gasteiger partial charge on any atom is -0.336 e. The first-order valence-corrected chi connectivity index (χ1v) is 10.6. The Labute approximate surface area is 169 Å². The lowest BCUT2D eigenvalue weighted by molar-refractivity contribution is 0.127. The molecule has 4 fully saturated rings. The van der Waals surface area contributed by atoms with Gasteiger partial charge >= 0.3 is 0 Å². The normalized spacial score (nSPS) is 30.9. The van der Waals surface area contributed by atoms with E-state index in [0.717, 1.165) is 51.6 Å². The van der Waals surface area contributed by atoms with E-state index in [1.807, 2.05) is 0 Å². The number of quaternary nitrogens is 1. The standard InChI is InChI=1S/C23H25N6/c1-13-3-5-19-18(7-13)22(27-26-19)23-24-20-6-4-16(10-21(20)25-23)29-11-14-8-17(29)9-15(12-29)28(14)2/h3-7,10,14-15,17H,8-9,11-12H2,1-2H3,(H,24,25)(H,26,27)/q+1. The Morgan fingerprint density at radius 1 is 1.03 bits per heavy atom. The SMILES string of the molecule is Cc1ccc2[nH]nc(-c3nc4ccc([N+]56CC7CC5CC(C6)N7C)cc4[nH]3)c2c1. The molecule has 146 valence electrons. The van der Waals surface area contributed by atoms with Crippen LogP contribution in [0.4, 0.5) is 5.69 Å². The van der Waals surface area contributed by atoms with Crippen molar-refractivity contribution in [2.45, 2.75) is 37.9 Å². The molecule has 4 bridgehead atoms. The van der Waals surface area contributed by atoms with Crippen molar-refractivity contribution >= 4 is 27.6 Å². The van der Waals surface area contributed by atoms with Crippen molar-refractivity contribution in [2.75, 3.05) is 20.1 Å². The molecule has 0 radical (unpaired) electrons. The van der Waals surface area contributed by atoms with Crippen molar-refractivity contribution in [3.63, 3.8) is 0 Å². The number of hydrogen-bond donors (Lipinski definition) is 2. The molecule has 2 aromatic carbocycles. The van der Waals surface area contributed by atoms with Crippen molar-refractivity contribution in [2.24, 2.45) is 0 Å². The summed E-state index contributed by atoms with van der Waals surface area (Å²) in [6.45, 7) is 4.63. The highest BCUT2D eigenvalue weighted by atomic mass is 15.5. The van der Waals surface area contributed by atoms with Gasteiger partial charge in [-0.3, -0.25) is 14.5 Å². The lowest BCUT2D eigenvalue weighted by Crippen LogP contribution is -2.57. The predicted octanol–water partition coefficient (Wildman–Crippen LogP) is 3.58. The van der Waals surface area contributed by atoms with Gasteiger partial charge in [0.2, 0.25) is 0 Å². The number of hydrogen-bond acceptors (Lipinski definition) is 3. The summed E-state index contributed by atoms with van der Waals surface area (Å²) in [5.74, 6) is 0.843.